The van der Waals surface area contributed by atoms with Crippen molar-refractivity contribution in [2.45, 2.75) is 12.3 Å². The van der Waals surface area contributed by atoms with Crippen LogP contribution >= 0.6 is 0 Å². The fourth-order valence-corrected chi connectivity index (χ4v) is 3.00. The molecule has 4 rings (SSSR count). The van der Waals surface area contributed by atoms with Gasteiger partial charge >= 0.3 is 0 Å². The van der Waals surface area contributed by atoms with Crippen molar-refractivity contribution in [3.63, 3.8) is 0 Å². The summed E-state index contributed by atoms with van der Waals surface area (Å²) in [5.74, 6) is 0.538. The van der Waals surface area contributed by atoms with Gasteiger partial charge in [-0.25, -0.2) is 4.98 Å². The average molecular weight is 294 g/mol. The van der Waals surface area contributed by atoms with Gasteiger partial charge in [-0.15, -0.1) is 0 Å². The van der Waals surface area contributed by atoms with Gasteiger partial charge in [0.05, 0.1) is 24.5 Å². The summed E-state index contributed by atoms with van der Waals surface area (Å²) < 4.78 is 5.19. The Bertz CT molecular complexity index is 871. The fourth-order valence-electron chi connectivity index (χ4n) is 3.00. The maximum atomic E-state index is 12.1. The van der Waals surface area contributed by atoms with Crippen LogP contribution in [0.25, 0.3) is 10.9 Å². The number of H-pyrrole nitrogens is 1. The molecule has 2 aromatic heterocycles. The number of rotatable bonds is 2. The molecule has 2 N–H and O–H groups in total. The molecule has 22 heavy (non-hydrogen) atoms. The molecule has 6 nitrogen and oxygen atoms in total. The molecular formula is C16H14N4O2. The van der Waals surface area contributed by atoms with E-state index in [2.05, 4.69) is 20.5 Å². The smallest absolute Gasteiger partial charge is 0.225 e. The highest BCUT2D eigenvalue weighted by Gasteiger charge is 2.28. The average Bonchev–Trinajstić information content (AvgIpc) is 3.03. The molecule has 3 aromatic rings. The number of fused-ring (bicyclic) bond motifs is 3. The van der Waals surface area contributed by atoms with Crippen molar-refractivity contribution >= 4 is 22.5 Å². The number of nitrogens with zero attached hydrogens (tertiary/aromatic N) is 2. The molecule has 110 valence electrons. The molecule has 1 aliphatic heterocycles. The lowest BCUT2D eigenvalue weighted by atomic mass is 9.84. The number of nitrogens with one attached hydrogen (secondary N) is 2. The van der Waals surface area contributed by atoms with Crippen molar-refractivity contribution < 1.29 is 9.53 Å². The molecule has 1 unspecified atom stereocenters. The van der Waals surface area contributed by atoms with E-state index in [4.69, 9.17) is 4.74 Å². The number of carbonyl (C=O) groups excluding carboxylic acids is 1. The van der Waals surface area contributed by atoms with Crippen LogP contribution in [0.1, 0.15) is 23.5 Å². The van der Waals surface area contributed by atoms with Crippen molar-refractivity contribution in [3.8, 4) is 5.88 Å². The number of carbonyl (C=O) groups is 1. The molecule has 1 aromatic carbocycles. The maximum absolute atomic E-state index is 12.1. The topological polar surface area (TPSA) is 79.9 Å². The number of pyridine rings is 1. The number of anilines is 1. The first-order valence-electron chi connectivity index (χ1n) is 7.02. The number of aromatic nitrogens is 3. The van der Waals surface area contributed by atoms with Gasteiger partial charge in [0.2, 0.25) is 11.8 Å². The van der Waals surface area contributed by atoms with Crippen LogP contribution in [0.5, 0.6) is 5.88 Å². The molecule has 0 bridgehead atoms. The maximum Gasteiger partial charge on any atom is 0.225 e. The number of benzene rings is 1. The second-order valence-electron chi connectivity index (χ2n) is 5.30. The third-order valence-electron chi connectivity index (χ3n) is 4.06. The van der Waals surface area contributed by atoms with Crippen LogP contribution in [0.2, 0.25) is 0 Å². The summed E-state index contributed by atoms with van der Waals surface area (Å²) in [4.78, 5) is 16.3. The lowest BCUT2D eigenvalue weighted by Crippen LogP contribution is -2.23. The molecule has 0 radical (unpaired) electrons. The molecule has 0 fully saturated rings. The number of ether oxygens (including phenoxy) is 1. The van der Waals surface area contributed by atoms with Crippen molar-refractivity contribution in [1.29, 1.82) is 0 Å². The fraction of sp³-hybridized carbons (Fsp3) is 0.188. The largest absolute Gasteiger partial charge is 0.481 e. The van der Waals surface area contributed by atoms with Gasteiger partial charge in [0.1, 0.15) is 0 Å². The number of hydrogen-bond acceptors (Lipinski definition) is 4. The van der Waals surface area contributed by atoms with Crippen molar-refractivity contribution in [3.05, 3.63) is 47.8 Å². The number of amides is 1. The predicted molar refractivity (Wildman–Crippen MR) is 82.0 cm³/mol. The molecule has 1 atom stereocenters. The SMILES string of the molecule is COc1cc(C2CC(=O)Nc3c2ccc2[nH]ncc32)ccn1. The summed E-state index contributed by atoms with van der Waals surface area (Å²) >= 11 is 0. The van der Waals surface area contributed by atoms with Gasteiger partial charge in [-0.2, -0.15) is 5.10 Å². The monoisotopic (exact) mass is 294 g/mol. The Hall–Kier alpha value is -2.89. The summed E-state index contributed by atoms with van der Waals surface area (Å²) in [5, 5.41) is 10.9. The lowest BCUT2D eigenvalue weighted by Gasteiger charge is -2.26. The van der Waals surface area contributed by atoms with Crippen molar-refractivity contribution in [2.75, 3.05) is 12.4 Å². The molecule has 1 amide bonds. The van der Waals surface area contributed by atoms with Crippen LogP contribution in [0.3, 0.4) is 0 Å². The normalized spacial score (nSPS) is 17.1. The molecule has 1 aliphatic rings. The van der Waals surface area contributed by atoms with Crippen LogP contribution in [-0.4, -0.2) is 28.2 Å². The summed E-state index contributed by atoms with van der Waals surface area (Å²) in [6.07, 6.45) is 3.85. The Labute approximate surface area is 126 Å². The van der Waals surface area contributed by atoms with Gasteiger partial charge in [0.25, 0.3) is 0 Å². The molecule has 3 heterocycles. The van der Waals surface area contributed by atoms with Gasteiger partial charge in [0, 0.05) is 30.0 Å². The highest BCUT2D eigenvalue weighted by atomic mass is 16.5. The quantitative estimate of drug-likeness (QED) is 0.760. The second-order valence-corrected chi connectivity index (χ2v) is 5.30. The minimum absolute atomic E-state index is 0.00183. The van der Waals surface area contributed by atoms with Gasteiger partial charge in [0.15, 0.2) is 0 Å². The number of hydrogen-bond donors (Lipinski definition) is 2. The van der Waals surface area contributed by atoms with Crippen LogP contribution in [0, 0.1) is 0 Å². The van der Waals surface area contributed by atoms with E-state index in [0.29, 0.717) is 12.3 Å². The van der Waals surface area contributed by atoms with Gasteiger partial charge < -0.3 is 10.1 Å². The standard InChI is InChI=1S/C16H14N4O2/c1-22-15-6-9(4-5-17-15)11-7-14(21)19-16-10(11)2-3-13-12(16)8-18-20-13/h2-6,8,11H,7H2,1H3,(H,18,20)(H,19,21). The second kappa shape index (κ2) is 4.84. The Balaban J connectivity index is 1.90. The highest BCUT2D eigenvalue weighted by molar-refractivity contribution is 6.05. The minimum atomic E-state index is -0.0139. The summed E-state index contributed by atoms with van der Waals surface area (Å²) in [6.45, 7) is 0. The molecule has 6 heteroatoms. The molecule has 0 aliphatic carbocycles. The third kappa shape index (κ3) is 1.92. The van der Waals surface area contributed by atoms with Crippen molar-refractivity contribution in [2.24, 2.45) is 0 Å². The first-order chi connectivity index (χ1) is 10.8. The van der Waals surface area contributed by atoms with Crippen LogP contribution in [0.15, 0.2) is 36.7 Å². The summed E-state index contributed by atoms with van der Waals surface area (Å²) in [6, 6.07) is 7.83. The Morgan fingerprint density at radius 3 is 3.09 bits per heavy atom. The van der Waals surface area contributed by atoms with Gasteiger partial charge in [-0.1, -0.05) is 6.07 Å². The molecule has 0 saturated heterocycles. The number of methoxy groups -OCH3 is 1. The Morgan fingerprint density at radius 1 is 1.32 bits per heavy atom. The van der Waals surface area contributed by atoms with Gasteiger partial charge in [-0.3, -0.25) is 9.89 Å². The molecular weight excluding hydrogens is 280 g/mol. The lowest BCUT2D eigenvalue weighted by molar-refractivity contribution is -0.116. The zero-order valence-electron chi connectivity index (χ0n) is 12.0. The van der Waals surface area contributed by atoms with Crippen LogP contribution in [0.4, 0.5) is 5.69 Å². The van der Waals surface area contributed by atoms with E-state index in [-0.39, 0.29) is 11.8 Å². The van der Waals surface area contributed by atoms with E-state index in [9.17, 15) is 4.79 Å². The number of aromatic amines is 1. The predicted octanol–water partition coefficient (Wildman–Crippen LogP) is 2.44. The Kier molecular flexibility index (Phi) is 2.82. The zero-order chi connectivity index (χ0) is 15.1. The Morgan fingerprint density at radius 2 is 2.23 bits per heavy atom. The minimum Gasteiger partial charge on any atom is -0.481 e. The molecule has 0 spiro atoms. The first-order valence-corrected chi connectivity index (χ1v) is 7.02. The highest BCUT2D eigenvalue weighted by Crippen LogP contribution is 2.40. The van der Waals surface area contributed by atoms with E-state index in [1.165, 1.54) is 0 Å². The summed E-state index contributed by atoms with van der Waals surface area (Å²) in [5.41, 5.74) is 3.85. The van der Waals surface area contributed by atoms with E-state index >= 15 is 0 Å². The first kappa shape index (κ1) is 12.8. The summed E-state index contributed by atoms with van der Waals surface area (Å²) in [7, 11) is 1.59. The van der Waals surface area contributed by atoms with E-state index in [1.807, 2.05) is 24.3 Å². The van der Waals surface area contributed by atoms with Crippen molar-refractivity contribution in [1.82, 2.24) is 15.2 Å². The van der Waals surface area contributed by atoms with E-state index in [0.717, 1.165) is 27.7 Å². The third-order valence-corrected chi connectivity index (χ3v) is 4.06. The molecule has 0 saturated carbocycles. The van der Waals surface area contributed by atoms with E-state index < -0.39 is 0 Å². The van der Waals surface area contributed by atoms with E-state index in [1.54, 1.807) is 19.5 Å². The van der Waals surface area contributed by atoms with Crippen LogP contribution in [-0.2, 0) is 4.79 Å². The van der Waals surface area contributed by atoms with Gasteiger partial charge in [-0.05, 0) is 23.3 Å². The van der Waals surface area contributed by atoms with Crippen LogP contribution < -0.4 is 10.1 Å². The zero-order valence-corrected chi connectivity index (χ0v) is 12.0.